The highest BCUT2D eigenvalue weighted by Crippen LogP contribution is 2.38. The second-order valence-electron chi connectivity index (χ2n) is 7.23. The lowest BCUT2D eigenvalue weighted by atomic mass is 9.75. The molecule has 2 aliphatic rings. The Balaban J connectivity index is 1.83. The third kappa shape index (κ3) is 2.96. The number of anilines is 1. The number of piperidine rings is 1. The number of nitrogens with zero attached hydrogens (tertiary/aromatic N) is 3. The van der Waals surface area contributed by atoms with Crippen LogP contribution in [0.3, 0.4) is 0 Å². The van der Waals surface area contributed by atoms with Gasteiger partial charge in [-0.15, -0.1) is 0 Å². The van der Waals surface area contributed by atoms with Crippen molar-refractivity contribution in [3.8, 4) is 0 Å². The fourth-order valence-corrected chi connectivity index (χ4v) is 4.44. The molecule has 1 saturated carbocycles. The van der Waals surface area contributed by atoms with Crippen molar-refractivity contribution in [2.24, 2.45) is 24.6 Å². The van der Waals surface area contributed by atoms with Crippen LogP contribution in [0.5, 0.6) is 0 Å². The van der Waals surface area contributed by atoms with E-state index in [1.807, 2.05) is 0 Å². The van der Waals surface area contributed by atoms with Gasteiger partial charge in [-0.25, -0.2) is 0 Å². The van der Waals surface area contributed by atoms with E-state index >= 15 is 0 Å². The lowest BCUT2D eigenvalue weighted by Gasteiger charge is -2.42. The van der Waals surface area contributed by atoms with E-state index in [0.29, 0.717) is 0 Å². The van der Waals surface area contributed by atoms with E-state index in [-0.39, 0.29) is 6.04 Å². The Labute approximate surface area is 128 Å². The van der Waals surface area contributed by atoms with Gasteiger partial charge in [0.15, 0.2) is 0 Å². The van der Waals surface area contributed by atoms with Gasteiger partial charge >= 0.3 is 0 Å². The first-order chi connectivity index (χ1) is 10.1. The van der Waals surface area contributed by atoms with Gasteiger partial charge in [0.1, 0.15) is 5.82 Å². The molecule has 3 rings (SSSR count). The summed E-state index contributed by atoms with van der Waals surface area (Å²) in [5.41, 5.74) is 8.56. The molecule has 3 atom stereocenters. The van der Waals surface area contributed by atoms with Crippen LogP contribution >= 0.6 is 0 Å². The molecule has 1 aromatic heterocycles. The molecule has 0 amide bonds. The van der Waals surface area contributed by atoms with Crippen molar-refractivity contribution in [2.75, 3.05) is 18.0 Å². The second kappa shape index (κ2) is 5.99. The van der Waals surface area contributed by atoms with Gasteiger partial charge in [-0.05, 0) is 44.9 Å². The fraction of sp³-hybridized carbons (Fsp3) is 0.824. The predicted molar refractivity (Wildman–Crippen MR) is 87.6 cm³/mol. The number of aromatic nitrogens is 2. The maximum absolute atomic E-state index is 6.05. The highest BCUT2D eigenvalue weighted by atomic mass is 15.4. The molecule has 1 aliphatic carbocycles. The van der Waals surface area contributed by atoms with Gasteiger partial charge in [0.05, 0.1) is 5.69 Å². The van der Waals surface area contributed by atoms with Crippen molar-refractivity contribution >= 4 is 5.82 Å². The standard InChI is InChI=1S/C17H30N4/c1-12(18)10-16-13(2)19-20(3)17(16)21-9-8-14-6-4-5-7-15(14)11-21/h12,14-15H,4-11,18H2,1-3H3. The van der Waals surface area contributed by atoms with E-state index in [0.717, 1.165) is 24.0 Å². The minimum atomic E-state index is 0.193. The van der Waals surface area contributed by atoms with E-state index in [1.54, 1.807) is 0 Å². The lowest BCUT2D eigenvalue weighted by Crippen LogP contribution is -2.43. The zero-order valence-electron chi connectivity index (χ0n) is 13.8. The zero-order valence-corrected chi connectivity index (χ0v) is 13.8. The molecule has 0 bridgehead atoms. The quantitative estimate of drug-likeness (QED) is 0.931. The molecule has 2 fully saturated rings. The third-order valence-corrected chi connectivity index (χ3v) is 5.43. The summed E-state index contributed by atoms with van der Waals surface area (Å²) in [6, 6.07) is 0.193. The minimum absolute atomic E-state index is 0.193. The summed E-state index contributed by atoms with van der Waals surface area (Å²) < 4.78 is 2.08. The highest BCUT2D eigenvalue weighted by molar-refractivity contribution is 5.51. The number of hydrogen-bond donors (Lipinski definition) is 1. The van der Waals surface area contributed by atoms with Gasteiger partial charge in [0, 0.05) is 31.7 Å². The molecule has 1 aromatic rings. The van der Waals surface area contributed by atoms with Crippen molar-refractivity contribution in [3.63, 3.8) is 0 Å². The van der Waals surface area contributed by atoms with Crippen LogP contribution in [0.2, 0.25) is 0 Å². The van der Waals surface area contributed by atoms with Gasteiger partial charge in [-0.2, -0.15) is 5.10 Å². The highest BCUT2D eigenvalue weighted by Gasteiger charge is 2.33. The van der Waals surface area contributed by atoms with Crippen molar-refractivity contribution in [3.05, 3.63) is 11.3 Å². The van der Waals surface area contributed by atoms with E-state index in [1.165, 1.54) is 56.6 Å². The molecule has 1 aliphatic heterocycles. The molecule has 1 saturated heterocycles. The van der Waals surface area contributed by atoms with E-state index < -0.39 is 0 Å². The molecule has 4 nitrogen and oxygen atoms in total. The summed E-state index contributed by atoms with van der Waals surface area (Å²) in [6.07, 6.45) is 8.02. The summed E-state index contributed by atoms with van der Waals surface area (Å²) in [5, 5.41) is 4.66. The molecule has 0 aromatic carbocycles. The Kier molecular flexibility index (Phi) is 4.25. The minimum Gasteiger partial charge on any atom is -0.356 e. The topological polar surface area (TPSA) is 47.1 Å². The third-order valence-electron chi connectivity index (χ3n) is 5.43. The van der Waals surface area contributed by atoms with Gasteiger partial charge in [0.2, 0.25) is 0 Å². The molecule has 21 heavy (non-hydrogen) atoms. The van der Waals surface area contributed by atoms with Crippen LogP contribution in [-0.4, -0.2) is 28.9 Å². The summed E-state index contributed by atoms with van der Waals surface area (Å²) >= 11 is 0. The van der Waals surface area contributed by atoms with Gasteiger partial charge in [0.25, 0.3) is 0 Å². The van der Waals surface area contributed by atoms with E-state index in [2.05, 4.69) is 35.6 Å². The van der Waals surface area contributed by atoms with Crippen LogP contribution in [0.1, 0.15) is 50.3 Å². The summed E-state index contributed by atoms with van der Waals surface area (Å²) in [6.45, 7) is 6.61. The van der Waals surface area contributed by atoms with Crippen molar-refractivity contribution in [2.45, 2.75) is 58.4 Å². The van der Waals surface area contributed by atoms with E-state index in [9.17, 15) is 0 Å². The van der Waals surface area contributed by atoms with Crippen LogP contribution in [-0.2, 0) is 13.5 Å². The molecular weight excluding hydrogens is 260 g/mol. The van der Waals surface area contributed by atoms with Crippen LogP contribution in [0.25, 0.3) is 0 Å². The fourth-order valence-electron chi connectivity index (χ4n) is 4.44. The number of aryl methyl sites for hydroxylation is 2. The molecule has 3 unspecified atom stereocenters. The number of nitrogens with two attached hydrogens (primary N) is 1. The monoisotopic (exact) mass is 290 g/mol. The Morgan fingerprint density at radius 2 is 1.95 bits per heavy atom. The lowest BCUT2D eigenvalue weighted by molar-refractivity contribution is 0.201. The molecular formula is C17H30N4. The van der Waals surface area contributed by atoms with Gasteiger partial charge < -0.3 is 10.6 Å². The van der Waals surface area contributed by atoms with Crippen LogP contribution in [0.4, 0.5) is 5.82 Å². The van der Waals surface area contributed by atoms with Crippen LogP contribution in [0, 0.1) is 18.8 Å². The molecule has 2 N–H and O–H groups in total. The second-order valence-corrected chi connectivity index (χ2v) is 7.23. The summed E-state index contributed by atoms with van der Waals surface area (Å²) in [7, 11) is 2.08. The SMILES string of the molecule is Cc1nn(C)c(N2CCC3CCCCC3C2)c1CC(C)N. The average molecular weight is 290 g/mol. The predicted octanol–water partition coefficient (Wildman–Crippen LogP) is 2.63. The van der Waals surface area contributed by atoms with Crippen LogP contribution in [0.15, 0.2) is 0 Å². The Hall–Kier alpha value is -1.03. The first kappa shape index (κ1) is 14.9. The zero-order chi connectivity index (χ0) is 15.0. The normalized spacial score (nSPS) is 27.5. The number of fused-ring (bicyclic) bond motifs is 1. The van der Waals surface area contributed by atoms with Crippen LogP contribution < -0.4 is 10.6 Å². The van der Waals surface area contributed by atoms with Gasteiger partial charge in [-0.3, -0.25) is 4.68 Å². The Morgan fingerprint density at radius 1 is 1.24 bits per heavy atom. The Morgan fingerprint density at radius 3 is 2.67 bits per heavy atom. The first-order valence-electron chi connectivity index (χ1n) is 8.59. The molecule has 0 spiro atoms. The van der Waals surface area contributed by atoms with E-state index in [4.69, 9.17) is 5.73 Å². The van der Waals surface area contributed by atoms with Crippen molar-refractivity contribution in [1.82, 2.24) is 9.78 Å². The Bertz CT molecular complexity index is 491. The molecule has 4 heteroatoms. The average Bonchev–Trinajstić information content (AvgIpc) is 2.72. The largest absolute Gasteiger partial charge is 0.356 e. The van der Waals surface area contributed by atoms with Crippen molar-refractivity contribution in [1.29, 1.82) is 0 Å². The molecule has 118 valence electrons. The number of rotatable bonds is 3. The smallest absolute Gasteiger partial charge is 0.130 e. The molecule has 2 heterocycles. The molecule has 0 radical (unpaired) electrons. The number of hydrogen-bond acceptors (Lipinski definition) is 3. The summed E-state index contributed by atoms with van der Waals surface area (Å²) in [5.74, 6) is 3.20. The first-order valence-corrected chi connectivity index (χ1v) is 8.59. The van der Waals surface area contributed by atoms with Crippen molar-refractivity contribution < 1.29 is 0 Å². The maximum atomic E-state index is 6.05. The summed E-state index contributed by atoms with van der Waals surface area (Å²) in [4.78, 5) is 2.59. The maximum Gasteiger partial charge on any atom is 0.130 e. The van der Waals surface area contributed by atoms with Gasteiger partial charge in [-0.1, -0.05) is 19.3 Å².